The molecule has 208 valence electrons. The number of rotatable bonds is 18. The zero-order chi connectivity index (χ0) is 28.1. The van der Waals surface area contributed by atoms with Crippen LogP contribution in [0.1, 0.15) is 30.4 Å². The van der Waals surface area contributed by atoms with E-state index >= 15 is 0 Å². The molecule has 2 atom stereocenters. The molecule has 2 N–H and O–H groups in total. The van der Waals surface area contributed by atoms with Gasteiger partial charge >= 0.3 is 11.9 Å². The number of ether oxygens (including phenoxy) is 2. The average Bonchev–Trinajstić information content (AvgIpc) is 2.87. The number of aryl methyl sites for hydroxylation is 2. The highest BCUT2D eigenvalue weighted by Gasteiger charge is 2.47. The highest BCUT2D eigenvalue weighted by molar-refractivity contribution is 5.82. The van der Waals surface area contributed by atoms with E-state index in [9.17, 15) is 29.9 Å². The summed E-state index contributed by atoms with van der Waals surface area (Å²) in [5.74, 6) is -1.93. The lowest BCUT2D eigenvalue weighted by molar-refractivity contribution is -0.757. The smallest absolute Gasteiger partial charge is 0.310 e. The number of nitrogens with zero attached hydrogens (tertiary/aromatic N) is 2. The monoisotopic (exact) mass is 532 g/mol. The lowest BCUT2D eigenvalue weighted by Gasteiger charge is -2.37. The van der Waals surface area contributed by atoms with Crippen LogP contribution in [0.2, 0.25) is 0 Å². The first-order valence-electron chi connectivity index (χ1n) is 12.3. The molecule has 11 nitrogen and oxygen atoms in total. The van der Waals surface area contributed by atoms with Gasteiger partial charge in [-0.3, -0.25) is 9.59 Å². The van der Waals surface area contributed by atoms with Gasteiger partial charge in [-0.05, 0) is 69.1 Å². The molecule has 0 radical (unpaired) electrons. The summed E-state index contributed by atoms with van der Waals surface area (Å²) in [5.41, 5.74) is 0.302. The molecule has 0 bridgehead atoms. The molecule has 2 unspecified atom stereocenters. The number of para-hydroxylation sites is 1. The minimum absolute atomic E-state index is 0.00160. The fourth-order valence-electron chi connectivity index (χ4n) is 4.57. The molecule has 2 aromatic rings. The Labute approximate surface area is 222 Å². The maximum absolute atomic E-state index is 12.6. The Morgan fingerprint density at radius 2 is 1.84 bits per heavy atom. The van der Waals surface area contributed by atoms with Crippen molar-refractivity contribution in [2.45, 2.75) is 32.1 Å². The van der Waals surface area contributed by atoms with E-state index in [-0.39, 0.29) is 32.6 Å². The van der Waals surface area contributed by atoms with Gasteiger partial charge in [0.05, 0.1) is 32.2 Å². The molecule has 38 heavy (non-hydrogen) atoms. The van der Waals surface area contributed by atoms with E-state index in [0.29, 0.717) is 12.2 Å². The van der Waals surface area contributed by atoms with Crippen LogP contribution in [0.5, 0.6) is 11.5 Å². The van der Waals surface area contributed by atoms with Crippen LogP contribution < -0.4 is 9.47 Å². The molecule has 2 rings (SSSR count). The van der Waals surface area contributed by atoms with Crippen molar-refractivity contribution < 1.29 is 39.2 Å². The number of methoxy groups -OCH3 is 1. The molecule has 0 spiro atoms. The second kappa shape index (κ2) is 14.8. The van der Waals surface area contributed by atoms with Crippen molar-refractivity contribution in [2.24, 2.45) is 11.3 Å². The van der Waals surface area contributed by atoms with Crippen LogP contribution in [-0.4, -0.2) is 73.1 Å². The van der Waals surface area contributed by atoms with Crippen LogP contribution in [0.3, 0.4) is 0 Å². The van der Waals surface area contributed by atoms with E-state index in [1.165, 1.54) is 0 Å². The Morgan fingerprint density at radius 3 is 2.47 bits per heavy atom. The minimum Gasteiger partial charge on any atom is -0.497 e. The quantitative estimate of drug-likeness (QED) is 0.166. The second-order valence-corrected chi connectivity index (χ2v) is 9.42. The van der Waals surface area contributed by atoms with Gasteiger partial charge in [0.1, 0.15) is 11.5 Å². The van der Waals surface area contributed by atoms with Crippen molar-refractivity contribution in [3.8, 4) is 11.5 Å². The van der Waals surface area contributed by atoms with Gasteiger partial charge in [0.15, 0.2) is 0 Å². The lowest BCUT2D eigenvalue weighted by Crippen LogP contribution is -2.47. The second-order valence-electron chi connectivity index (χ2n) is 9.42. The van der Waals surface area contributed by atoms with Crippen molar-refractivity contribution in [2.75, 3.05) is 41.0 Å². The van der Waals surface area contributed by atoms with E-state index in [2.05, 4.69) is 4.84 Å². The Hall–Kier alpha value is -3.86. The van der Waals surface area contributed by atoms with E-state index < -0.39 is 34.8 Å². The predicted molar refractivity (Wildman–Crippen MR) is 139 cm³/mol. The maximum atomic E-state index is 12.6. The third-order valence-electron chi connectivity index (χ3n) is 6.45. The van der Waals surface area contributed by atoms with Gasteiger partial charge in [0, 0.05) is 12.5 Å². The predicted octanol–water partition coefficient (Wildman–Crippen LogP) is 3.57. The summed E-state index contributed by atoms with van der Waals surface area (Å²) in [7, 11) is 5.14. The Morgan fingerprint density at radius 1 is 1.11 bits per heavy atom. The zero-order valence-electron chi connectivity index (χ0n) is 22.0. The third-order valence-corrected chi connectivity index (χ3v) is 6.45. The number of hydrogen-bond donors (Lipinski definition) is 2. The molecular formula is C27H36N2O9. The Kier molecular flexibility index (Phi) is 11.8. The maximum Gasteiger partial charge on any atom is 0.310 e. The van der Waals surface area contributed by atoms with Gasteiger partial charge in [-0.1, -0.05) is 30.3 Å². The zero-order valence-corrected chi connectivity index (χ0v) is 22.0. The molecule has 0 fully saturated rings. The summed E-state index contributed by atoms with van der Waals surface area (Å²) in [5, 5.41) is 29.4. The lowest BCUT2D eigenvalue weighted by atomic mass is 9.69. The van der Waals surface area contributed by atoms with Gasteiger partial charge < -0.3 is 29.4 Å². The molecule has 0 aliphatic heterocycles. The van der Waals surface area contributed by atoms with Crippen molar-refractivity contribution in [1.82, 2.24) is 4.90 Å². The van der Waals surface area contributed by atoms with E-state index in [4.69, 9.17) is 9.47 Å². The molecule has 0 saturated carbocycles. The summed E-state index contributed by atoms with van der Waals surface area (Å²) in [6.07, 6.45) is 0.621. The molecular weight excluding hydrogens is 496 g/mol. The van der Waals surface area contributed by atoms with Crippen molar-refractivity contribution in [3.63, 3.8) is 0 Å². The van der Waals surface area contributed by atoms with Crippen molar-refractivity contribution >= 4 is 11.9 Å². The van der Waals surface area contributed by atoms with Gasteiger partial charge in [-0.2, -0.15) is 0 Å². The van der Waals surface area contributed by atoms with Crippen LogP contribution in [-0.2, 0) is 27.3 Å². The molecule has 0 aliphatic carbocycles. The molecule has 11 heteroatoms. The first kappa shape index (κ1) is 30.4. The first-order valence-corrected chi connectivity index (χ1v) is 12.3. The van der Waals surface area contributed by atoms with Gasteiger partial charge in [-0.25, -0.2) is 0 Å². The number of hydrogen-bond acceptors (Lipinski definition) is 8. The van der Waals surface area contributed by atoms with Gasteiger partial charge in [-0.15, -0.1) is 10.1 Å². The van der Waals surface area contributed by atoms with Crippen LogP contribution in [0.15, 0.2) is 48.5 Å². The Balaban J connectivity index is 2.26. The molecule has 2 aromatic carbocycles. The van der Waals surface area contributed by atoms with Crippen molar-refractivity contribution in [3.05, 3.63) is 69.8 Å². The molecule has 0 aromatic heterocycles. The summed E-state index contributed by atoms with van der Waals surface area (Å²) in [6, 6.07) is 15.2. The highest BCUT2D eigenvalue weighted by Crippen LogP contribution is 2.39. The molecule has 0 heterocycles. The van der Waals surface area contributed by atoms with E-state index in [0.717, 1.165) is 23.3 Å². The SMILES string of the molecule is COc1cccc(CCc2ccccc2OCC(CN(C)C)C(CCCO[N+](=O)[O-])(CC(=O)O)C(=O)O)c1. The van der Waals surface area contributed by atoms with E-state index in [1.54, 1.807) is 32.2 Å². The first-order chi connectivity index (χ1) is 18.1. The average molecular weight is 533 g/mol. The molecule has 0 aliphatic rings. The van der Waals surface area contributed by atoms with Crippen LogP contribution in [0.25, 0.3) is 0 Å². The van der Waals surface area contributed by atoms with Crippen LogP contribution in [0.4, 0.5) is 0 Å². The number of carboxylic acids is 2. The van der Waals surface area contributed by atoms with Crippen molar-refractivity contribution in [1.29, 1.82) is 0 Å². The van der Waals surface area contributed by atoms with Crippen LogP contribution >= 0.6 is 0 Å². The van der Waals surface area contributed by atoms with Gasteiger partial charge in [0.2, 0.25) is 0 Å². The topological polar surface area (TPSA) is 149 Å². The standard InChI is InChI=1S/C27H36N2O9/c1-28(2)18-22(27(26(32)33,17-25(30)31)14-7-15-38-29(34)35)19-37-24-11-5-4-9-21(24)13-12-20-8-6-10-23(16-20)36-3/h4-6,8-11,16,22H,7,12-15,17-19H2,1-3H3,(H,30,31)(H,32,33). The number of carboxylic acid groups (broad SMARTS) is 2. The number of aliphatic carboxylic acids is 2. The number of carbonyl (C=O) groups is 2. The summed E-state index contributed by atoms with van der Waals surface area (Å²) >= 11 is 0. The summed E-state index contributed by atoms with van der Waals surface area (Å²) in [4.78, 5) is 41.0. The summed E-state index contributed by atoms with van der Waals surface area (Å²) in [6.45, 7) is -0.143. The highest BCUT2D eigenvalue weighted by atomic mass is 16.9. The molecule has 0 amide bonds. The fraction of sp³-hybridized carbons (Fsp3) is 0.481. The minimum atomic E-state index is -1.72. The third kappa shape index (κ3) is 9.22. The summed E-state index contributed by atoms with van der Waals surface area (Å²) < 4.78 is 11.5. The largest absolute Gasteiger partial charge is 0.497 e. The van der Waals surface area contributed by atoms with E-state index in [1.807, 2.05) is 42.5 Å². The number of benzene rings is 2. The van der Waals surface area contributed by atoms with Crippen LogP contribution in [0, 0.1) is 21.4 Å². The Bertz CT molecular complexity index is 1080. The molecule has 0 saturated heterocycles. The van der Waals surface area contributed by atoms with Gasteiger partial charge in [0.25, 0.3) is 5.09 Å². The normalized spacial score (nSPS) is 13.4. The fourth-order valence-corrected chi connectivity index (χ4v) is 4.57.